The molecular formula is C17H21F3N2O. The zero-order valence-electron chi connectivity index (χ0n) is 13.1. The predicted molar refractivity (Wildman–Crippen MR) is 81.1 cm³/mol. The van der Waals surface area contributed by atoms with Crippen molar-refractivity contribution in [2.45, 2.75) is 50.4 Å². The van der Waals surface area contributed by atoms with E-state index in [1.165, 1.54) is 11.1 Å². The molecule has 0 spiro atoms. The maximum absolute atomic E-state index is 12.4. The van der Waals surface area contributed by atoms with E-state index in [0.29, 0.717) is 12.3 Å². The van der Waals surface area contributed by atoms with Gasteiger partial charge in [0.2, 0.25) is 5.91 Å². The number of carbonyl (C=O) groups is 1. The van der Waals surface area contributed by atoms with Crippen molar-refractivity contribution in [1.29, 1.82) is 0 Å². The minimum Gasteiger partial charge on any atom is -0.332 e. The van der Waals surface area contributed by atoms with Gasteiger partial charge in [0.1, 0.15) is 6.54 Å². The molecule has 3 rings (SSSR count). The maximum atomic E-state index is 12.4. The van der Waals surface area contributed by atoms with Gasteiger partial charge in [0, 0.05) is 12.6 Å². The summed E-state index contributed by atoms with van der Waals surface area (Å²) in [5.41, 5.74) is 2.53. The lowest BCUT2D eigenvalue weighted by Gasteiger charge is -2.38. The Morgan fingerprint density at radius 2 is 2.04 bits per heavy atom. The topological polar surface area (TPSA) is 32.3 Å². The van der Waals surface area contributed by atoms with E-state index in [2.05, 4.69) is 30.4 Å². The van der Waals surface area contributed by atoms with Crippen LogP contribution >= 0.6 is 0 Å². The Balaban J connectivity index is 1.48. The molecular weight excluding hydrogens is 305 g/mol. The van der Waals surface area contributed by atoms with Gasteiger partial charge in [-0.2, -0.15) is 13.2 Å². The highest BCUT2D eigenvalue weighted by Crippen LogP contribution is 2.37. The van der Waals surface area contributed by atoms with Crippen LogP contribution in [0.4, 0.5) is 13.2 Å². The number of alkyl halides is 3. The van der Waals surface area contributed by atoms with Crippen LogP contribution in [0.2, 0.25) is 0 Å². The summed E-state index contributed by atoms with van der Waals surface area (Å²) in [6.45, 7) is 1.11. The summed E-state index contributed by atoms with van der Waals surface area (Å²) in [6.07, 6.45) is -1.99. The van der Waals surface area contributed by atoms with Gasteiger partial charge in [0.15, 0.2) is 0 Å². The Labute approximate surface area is 133 Å². The van der Waals surface area contributed by atoms with Gasteiger partial charge >= 0.3 is 6.18 Å². The Hall–Kier alpha value is -1.56. The van der Waals surface area contributed by atoms with Crippen LogP contribution in [0.5, 0.6) is 0 Å². The van der Waals surface area contributed by atoms with Crippen LogP contribution in [0.3, 0.4) is 0 Å². The average Bonchev–Trinajstić information content (AvgIpc) is 2.73. The number of nitrogens with zero attached hydrogens (tertiary/aromatic N) is 1. The molecule has 0 bridgehead atoms. The molecule has 2 fully saturated rings. The standard InChI is InChI=1S/C17H21F3N2O/c1-11-3-2-4-12(7-11)13-8-14(9-13)21-15-5-6-22(16(15)23)10-17(18,19)20/h2-4,7,13-15,21H,5-6,8-10H2,1H3. The van der Waals surface area contributed by atoms with Gasteiger partial charge < -0.3 is 10.2 Å². The Morgan fingerprint density at radius 1 is 1.30 bits per heavy atom. The summed E-state index contributed by atoms with van der Waals surface area (Å²) in [7, 11) is 0. The molecule has 6 heteroatoms. The molecule has 1 aliphatic carbocycles. The highest BCUT2D eigenvalue weighted by Gasteiger charge is 2.41. The number of hydrogen-bond acceptors (Lipinski definition) is 2. The molecule has 126 valence electrons. The molecule has 1 aromatic rings. The number of benzene rings is 1. The lowest BCUT2D eigenvalue weighted by Crippen LogP contribution is -2.49. The van der Waals surface area contributed by atoms with E-state index in [-0.39, 0.29) is 12.6 Å². The molecule has 2 aliphatic rings. The quantitative estimate of drug-likeness (QED) is 0.922. The molecule has 1 aromatic carbocycles. The predicted octanol–water partition coefficient (Wildman–Crippen LogP) is 2.99. The van der Waals surface area contributed by atoms with Crippen molar-refractivity contribution >= 4 is 5.91 Å². The van der Waals surface area contributed by atoms with Crippen molar-refractivity contribution in [3.8, 4) is 0 Å². The van der Waals surface area contributed by atoms with Gasteiger partial charge in [-0.1, -0.05) is 29.8 Å². The fourth-order valence-corrected chi connectivity index (χ4v) is 3.50. The smallest absolute Gasteiger partial charge is 0.332 e. The van der Waals surface area contributed by atoms with Crippen molar-refractivity contribution in [3.63, 3.8) is 0 Å². The fourth-order valence-electron chi connectivity index (χ4n) is 3.50. The number of amides is 1. The SMILES string of the molecule is Cc1cccc(C2CC(NC3CCN(CC(F)(F)F)C3=O)C2)c1. The normalized spacial score (nSPS) is 28.1. The van der Waals surface area contributed by atoms with Gasteiger partial charge in [0.25, 0.3) is 0 Å². The van der Waals surface area contributed by atoms with Crippen molar-refractivity contribution in [2.24, 2.45) is 0 Å². The molecule has 1 saturated carbocycles. The van der Waals surface area contributed by atoms with E-state index in [1.807, 2.05) is 6.07 Å². The molecule has 1 unspecified atom stereocenters. The number of nitrogens with one attached hydrogen (secondary N) is 1. The van der Waals surface area contributed by atoms with E-state index in [4.69, 9.17) is 0 Å². The third kappa shape index (κ3) is 3.86. The highest BCUT2D eigenvalue weighted by atomic mass is 19.4. The summed E-state index contributed by atoms with van der Waals surface area (Å²) >= 11 is 0. The first kappa shape index (κ1) is 16.3. The van der Waals surface area contributed by atoms with Gasteiger partial charge in [-0.25, -0.2) is 0 Å². The summed E-state index contributed by atoms with van der Waals surface area (Å²) in [5, 5.41) is 3.24. The summed E-state index contributed by atoms with van der Waals surface area (Å²) in [4.78, 5) is 12.9. The largest absolute Gasteiger partial charge is 0.406 e. The van der Waals surface area contributed by atoms with Gasteiger partial charge in [-0.05, 0) is 37.7 Å². The van der Waals surface area contributed by atoms with E-state index in [0.717, 1.165) is 17.7 Å². The van der Waals surface area contributed by atoms with Crippen LogP contribution in [0.1, 0.15) is 36.3 Å². The third-order valence-electron chi connectivity index (χ3n) is 4.76. The van der Waals surface area contributed by atoms with Crippen LogP contribution < -0.4 is 5.32 Å². The molecule has 1 atom stereocenters. The lowest BCUT2D eigenvalue weighted by atomic mass is 9.75. The monoisotopic (exact) mass is 326 g/mol. The maximum Gasteiger partial charge on any atom is 0.406 e. The lowest BCUT2D eigenvalue weighted by molar-refractivity contribution is -0.158. The summed E-state index contributed by atoms with van der Waals surface area (Å²) < 4.78 is 37.2. The van der Waals surface area contributed by atoms with Crippen LogP contribution in [0.15, 0.2) is 24.3 Å². The van der Waals surface area contributed by atoms with Crippen molar-refractivity contribution in [3.05, 3.63) is 35.4 Å². The Bertz CT molecular complexity index is 581. The van der Waals surface area contributed by atoms with E-state index >= 15 is 0 Å². The van der Waals surface area contributed by atoms with E-state index in [9.17, 15) is 18.0 Å². The van der Waals surface area contributed by atoms with E-state index in [1.54, 1.807) is 0 Å². The Kier molecular flexibility index (Phi) is 4.36. The molecule has 1 amide bonds. The number of halogens is 3. The van der Waals surface area contributed by atoms with Crippen LogP contribution in [-0.2, 0) is 4.79 Å². The second-order valence-electron chi connectivity index (χ2n) is 6.66. The van der Waals surface area contributed by atoms with Gasteiger partial charge in [0.05, 0.1) is 6.04 Å². The molecule has 3 nitrogen and oxygen atoms in total. The number of rotatable bonds is 4. The first-order chi connectivity index (χ1) is 10.8. The van der Waals surface area contributed by atoms with Gasteiger partial charge in [-0.3, -0.25) is 4.79 Å². The molecule has 23 heavy (non-hydrogen) atoms. The summed E-state index contributed by atoms with van der Waals surface area (Å²) in [6, 6.07) is 8.15. The van der Waals surface area contributed by atoms with Gasteiger partial charge in [-0.15, -0.1) is 0 Å². The third-order valence-corrected chi connectivity index (χ3v) is 4.76. The first-order valence-corrected chi connectivity index (χ1v) is 8.00. The Morgan fingerprint density at radius 3 is 2.70 bits per heavy atom. The van der Waals surface area contributed by atoms with Crippen LogP contribution in [-0.4, -0.2) is 42.2 Å². The average molecular weight is 326 g/mol. The second-order valence-corrected chi connectivity index (χ2v) is 6.66. The molecule has 1 aliphatic heterocycles. The molecule has 0 radical (unpaired) electrons. The van der Waals surface area contributed by atoms with Crippen LogP contribution in [0.25, 0.3) is 0 Å². The molecule has 1 heterocycles. The zero-order chi connectivity index (χ0) is 16.6. The zero-order valence-corrected chi connectivity index (χ0v) is 13.1. The summed E-state index contributed by atoms with van der Waals surface area (Å²) in [5.74, 6) is 0.0662. The number of carbonyl (C=O) groups excluding carboxylic acids is 1. The minimum atomic E-state index is -4.32. The minimum absolute atomic E-state index is 0.185. The molecule has 1 saturated heterocycles. The van der Waals surface area contributed by atoms with Crippen molar-refractivity contribution in [2.75, 3.05) is 13.1 Å². The fraction of sp³-hybridized carbons (Fsp3) is 0.588. The number of hydrogen-bond donors (Lipinski definition) is 1. The van der Waals surface area contributed by atoms with E-state index < -0.39 is 24.7 Å². The number of likely N-dealkylation sites (tertiary alicyclic amines) is 1. The molecule has 0 aromatic heterocycles. The van der Waals surface area contributed by atoms with Crippen LogP contribution in [0, 0.1) is 6.92 Å². The first-order valence-electron chi connectivity index (χ1n) is 8.00. The second kappa shape index (κ2) is 6.15. The van der Waals surface area contributed by atoms with Crippen molar-refractivity contribution < 1.29 is 18.0 Å². The van der Waals surface area contributed by atoms with Crippen molar-refractivity contribution in [1.82, 2.24) is 10.2 Å². The number of aryl methyl sites for hydroxylation is 1. The highest BCUT2D eigenvalue weighted by molar-refractivity contribution is 5.84. The molecule has 1 N–H and O–H groups in total.